The second kappa shape index (κ2) is 7.26. The van der Waals surface area contributed by atoms with E-state index in [1.165, 1.54) is 26.2 Å². The highest BCUT2D eigenvalue weighted by Crippen LogP contribution is 2.16. The van der Waals surface area contributed by atoms with E-state index >= 15 is 0 Å². The lowest BCUT2D eigenvalue weighted by atomic mass is 10.3. The van der Waals surface area contributed by atoms with E-state index in [9.17, 15) is 13.2 Å². The van der Waals surface area contributed by atoms with Crippen LogP contribution in [0.1, 0.15) is 0 Å². The molecular weight excluding hydrogens is 314 g/mol. The maximum absolute atomic E-state index is 12.0. The van der Waals surface area contributed by atoms with E-state index in [2.05, 4.69) is 10.6 Å². The molecule has 23 heavy (non-hydrogen) atoms. The summed E-state index contributed by atoms with van der Waals surface area (Å²) in [7, 11) is -0.515. The van der Waals surface area contributed by atoms with Crippen LogP contribution in [0, 0.1) is 0 Å². The number of hydrogen-bond donors (Lipinski definition) is 2. The molecule has 2 aromatic rings. The standard InChI is InChI=1S/C16H19N3O3S/c1-19(2)23(21,22)15-10-8-14(9-11-15)18-16(20)12-17-13-6-4-3-5-7-13/h3-11,17H,12H2,1-2H3,(H,18,20). The normalized spacial score (nSPS) is 11.3. The Morgan fingerprint density at radius 1 is 0.957 bits per heavy atom. The van der Waals surface area contributed by atoms with Crippen molar-refractivity contribution in [3.63, 3.8) is 0 Å². The van der Waals surface area contributed by atoms with Gasteiger partial charge < -0.3 is 10.6 Å². The zero-order valence-electron chi connectivity index (χ0n) is 13.0. The second-order valence-corrected chi connectivity index (χ2v) is 7.23. The van der Waals surface area contributed by atoms with Gasteiger partial charge in [0.25, 0.3) is 0 Å². The van der Waals surface area contributed by atoms with E-state index in [1.807, 2.05) is 30.3 Å². The van der Waals surface area contributed by atoms with Gasteiger partial charge >= 0.3 is 0 Å². The molecule has 0 spiro atoms. The molecule has 2 aromatic carbocycles. The van der Waals surface area contributed by atoms with Gasteiger partial charge in [-0.15, -0.1) is 0 Å². The Hall–Kier alpha value is -2.38. The summed E-state index contributed by atoms with van der Waals surface area (Å²) in [4.78, 5) is 12.1. The van der Waals surface area contributed by atoms with Crippen molar-refractivity contribution >= 4 is 27.3 Å². The number of hydrogen-bond acceptors (Lipinski definition) is 4. The Balaban J connectivity index is 1.94. The van der Waals surface area contributed by atoms with Crippen LogP contribution in [0.5, 0.6) is 0 Å². The van der Waals surface area contributed by atoms with Crippen molar-refractivity contribution in [2.75, 3.05) is 31.3 Å². The monoisotopic (exact) mass is 333 g/mol. The van der Waals surface area contributed by atoms with Crippen molar-refractivity contribution in [3.8, 4) is 0 Å². The van der Waals surface area contributed by atoms with Crippen molar-refractivity contribution in [1.82, 2.24) is 4.31 Å². The smallest absolute Gasteiger partial charge is 0.243 e. The molecule has 6 nitrogen and oxygen atoms in total. The number of amides is 1. The molecule has 7 heteroatoms. The number of nitrogens with one attached hydrogen (secondary N) is 2. The van der Waals surface area contributed by atoms with E-state index < -0.39 is 10.0 Å². The van der Waals surface area contributed by atoms with E-state index in [4.69, 9.17) is 0 Å². The quantitative estimate of drug-likeness (QED) is 0.847. The fourth-order valence-corrected chi connectivity index (χ4v) is 2.77. The molecule has 0 atom stereocenters. The van der Waals surface area contributed by atoms with Crippen molar-refractivity contribution in [3.05, 3.63) is 54.6 Å². The number of sulfonamides is 1. The van der Waals surface area contributed by atoms with Gasteiger partial charge in [-0.2, -0.15) is 0 Å². The molecule has 0 bridgehead atoms. The van der Waals surface area contributed by atoms with Crippen molar-refractivity contribution in [1.29, 1.82) is 0 Å². The lowest BCUT2D eigenvalue weighted by molar-refractivity contribution is -0.114. The summed E-state index contributed by atoms with van der Waals surface area (Å²) in [6.07, 6.45) is 0. The molecular formula is C16H19N3O3S. The van der Waals surface area contributed by atoms with Crippen LogP contribution in [-0.2, 0) is 14.8 Å². The molecule has 0 aliphatic rings. The largest absolute Gasteiger partial charge is 0.376 e. The first kappa shape index (κ1) is 17.0. The number of rotatable bonds is 6. The molecule has 0 unspecified atom stereocenters. The minimum atomic E-state index is -3.46. The topological polar surface area (TPSA) is 78.5 Å². The molecule has 2 N–H and O–H groups in total. The van der Waals surface area contributed by atoms with Crippen LogP contribution in [0.4, 0.5) is 11.4 Å². The summed E-state index contributed by atoms with van der Waals surface area (Å²) in [5.74, 6) is -0.211. The second-order valence-electron chi connectivity index (χ2n) is 5.08. The number of benzene rings is 2. The van der Waals surface area contributed by atoms with Gasteiger partial charge in [-0.25, -0.2) is 12.7 Å². The SMILES string of the molecule is CN(C)S(=O)(=O)c1ccc(NC(=O)CNc2ccccc2)cc1. The first-order chi connectivity index (χ1) is 10.9. The number of para-hydroxylation sites is 1. The van der Waals surface area contributed by atoms with Crippen LogP contribution in [-0.4, -0.2) is 39.3 Å². The zero-order valence-corrected chi connectivity index (χ0v) is 13.8. The Morgan fingerprint density at radius 3 is 2.13 bits per heavy atom. The van der Waals surface area contributed by atoms with Crippen LogP contribution >= 0.6 is 0 Å². The third-order valence-electron chi connectivity index (χ3n) is 3.14. The Bertz CT molecular complexity index is 757. The molecule has 0 heterocycles. The minimum absolute atomic E-state index is 0.127. The molecule has 1 amide bonds. The van der Waals surface area contributed by atoms with E-state index in [-0.39, 0.29) is 17.3 Å². The molecule has 0 fully saturated rings. The van der Waals surface area contributed by atoms with Gasteiger partial charge in [0.15, 0.2) is 0 Å². The highest BCUT2D eigenvalue weighted by molar-refractivity contribution is 7.89. The first-order valence-corrected chi connectivity index (χ1v) is 8.45. The van der Waals surface area contributed by atoms with Gasteiger partial charge in [0.05, 0.1) is 11.4 Å². The van der Waals surface area contributed by atoms with Gasteiger partial charge in [-0.05, 0) is 36.4 Å². The molecule has 0 aromatic heterocycles. The van der Waals surface area contributed by atoms with Crippen LogP contribution in [0.3, 0.4) is 0 Å². The fraction of sp³-hybridized carbons (Fsp3) is 0.188. The summed E-state index contributed by atoms with van der Waals surface area (Å²) in [6.45, 7) is 0.127. The average molecular weight is 333 g/mol. The number of nitrogens with zero attached hydrogens (tertiary/aromatic N) is 1. The average Bonchev–Trinajstić information content (AvgIpc) is 2.54. The molecule has 2 rings (SSSR count). The predicted octanol–water partition coefficient (Wildman–Crippen LogP) is 1.99. The molecule has 0 saturated carbocycles. The van der Waals surface area contributed by atoms with Crippen LogP contribution in [0.2, 0.25) is 0 Å². The van der Waals surface area contributed by atoms with E-state index in [0.717, 1.165) is 9.99 Å². The lowest BCUT2D eigenvalue weighted by Crippen LogP contribution is -2.23. The minimum Gasteiger partial charge on any atom is -0.376 e. The first-order valence-electron chi connectivity index (χ1n) is 7.01. The summed E-state index contributed by atoms with van der Waals surface area (Å²) >= 11 is 0. The Labute approximate surface area is 136 Å². The molecule has 0 saturated heterocycles. The number of carbonyl (C=O) groups excluding carboxylic acids is 1. The van der Waals surface area contributed by atoms with Crippen molar-refractivity contribution in [2.45, 2.75) is 4.90 Å². The van der Waals surface area contributed by atoms with Crippen LogP contribution < -0.4 is 10.6 Å². The highest BCUT2D eigenvalue weighted by atomic mass is 32.2. The van der Waals surface area contributed by atoms with E-state index in [0.29, 0.717) is 5.69 Å². The molecule has 0 aliphatic carbocycles. The van der Waals surface area contributed by atoms with Gasteiger partial charge in [0.1, 0.15) is 0 Å². The van der Waals surface area contributed by atoms with E-state index in [1.54, 1.807) is 12.1 Å². The van der Waals surface area contributed by atoms with Crippen LogP contribution in [0.25, 0.3) is 0 Å². The third-order valence-corrected chi connectivity index (χ3v) is 4.97. The van der Waals surface area contributed by atoms with Crippen molar-refractivity contribution < 1.29 is 13.2 Å². The maximum Gasteiger partial charge on any atom is 0.243 e. The van der Waals surface area contributed by atoms with Crippen molar-refractivity contribution in [2.24, 2.45) is 0 Å². The van der Waals surface area contributed by atoms with Gasteiger partial charge in [0.2, 0.25) is 15.9 Å². The Morgan fingerprint density at radius 2 is 1.57 bits per heavy atom. The fourth-order valence-electron chi connectivity index (χ4n) is 1.86. The van der Waals surface area contributed by atoms with Gasteiger partial charge in [0, 0.05) is 25.5 Å². The molecule has 0 aliphatic heterocycles. The summed E-state index contributed by atoms with van der Waals surface area (Å²) in [5, 5.41) is 5.71. The van der Waals surface area contributed by atoms with Gasteiger partial charge in [-0.3, -0.25) is 4.79 Å². The maximum atomic E-state index is 12.0. The number of anilines is 2. The van der Waals surface area contributed by atoms with Crippen LogP contribution in [0.15, 0.2) is 59.5 Å². The molecule has 0 radical (unpaired) electrons. The summed E-state index contributed by atoms with van der Waals surface area (Å²) in [5.41, 5.74) is 1.40. The third kappa shape index (κ3) is 4.54. The number of carbonyl (C=O) groups is 1. The summed E-state index contributed by atoms with van der Waals surface area (Å²) < 4.78 is 25.1. The predicted molar refractivity (Wildman–Crippen MR) is 90.9 cm³/mol. The highest BCUT2D eigenvalue weighted by Gasteiger charge is 2.16. The van der Waals surface area contributed by atoms with Gasteiger partial charge in [-0.1, -0.05) is 18.2 Å². The Kier molecular flexibility index (Phi) is 5.36. The molecule has 122 valence electrons. The summed E-state index contributed by atoms with van der Waals surface area (Å²) in [6, 6.07) is 15.5. The zero-order chi connectivity index (χ0) is 16.9. The lowest BCUT2D eigenvalue weighted by Gasteiger charge is -2.12.